The molecule has 0 aromatic carbocycles. The second kappa shape index (κ2) is 7.33. The molecule has 106 valence electrons. The van der Waals surface area contributed by atoms with E-state index in [1.165, 1.54) is 5.56 Å². The van der Waals surface area contributed by atoms with Crippen LogP contribution in [0.5, 0.6) is 0 Å². The lowest BCUT2D eigenvalue weighted by Gasteiger charge is -2.12. The fourth-order valence-corrected chi connectivity index (χ4v) is 1.91. The van der Waals surface area contributed by atoms with Crippen molar-refractivity contribution in [1.82, 2.24) is 20.2 Å². The minimum absolute atomic E-state index is 0.676. The van der Waals surface area contributed by atoms with Gasteiger partial charge in [0.15, 0.2) is 5.96 Å². The largest absolute Gasteiger partial charge is 0.355 e. The number of hydrogen-bond donors (Lipinski definition) is 2. The average Bonchev–Trinajstić information content (AvgIpc) is 2.97. The monoisotopic (exact) mass is 271 g/mol. The zero-order valence-corrected chi connectivity index (χ0v) is 12.0. The maximum atomic E-state index is 4.36. The summed E-state index contributed by atoms with van der Waals surface area (Å²) >= 11 is 0. The van der Waals surface area contributed by atoms with Gasteiger partial charge in [0.25, 0.3) is 0 Å². The molecule has 0 aliphatic heterocycles. The zero-order valence-electron chi connectivity index (χ0n) is 12.0. The Morgan fingerprint density at radius 1 is 1.25 bits per heavy atom. The van der Waals surface area contributed by atoms with E-state index < -0.39 is 0 Å². The summed E-state index contributed by atoms with van der Waals surface area (Å²) in [6.07, 6.45) is 5.91. The molecule has 0 saturated heterocycles. The third-order valence-electron chi connectivity index (χ3n) is 3.09. The number of pyridine rings is 1. The van der Waals surface area contributed by atoms with Crippen LogP contribution in [0.4, 0.5) is 0 Å². The van der Waals surface area contributed by atoms with Crippen molar-refractivity contribution in [1.29, 1.82) is 0 Å². The minimum atomic E-state index is 0.676. The summed E-state index contributed by atoms with van der Waals surface area (Å²) in [6.45, 7) is 4.48. The lowest BCUT2D eigenvalue weighted by molar-refractivity contribution is 0.664. The molecule has 2 rings (SSSR count). The number of rotatable bonds is 5. The van der Waals surface area contributed by atoms with Crippen LogP contribution in [0.15, 0.2) is 47.8 Å². The van der Waals surface area contributed by atoms with Gasteiger partial charge in [0.2, 0.25) is 0 Å². The third kappa shape index (κ3) is 4.12. The van der Waals surface area contributed by atoms with Gasteiger partial charge in [-0.2, -0.15) is 0 Å². The Bertz CT molecular complexity index is 545. The molecule has 0 aliphatic carbocycles. The van der Waals surface area contributed by atoms with Crippen LogP contribution >= 0.6 is 0 Å². The second-order valence-electron chi connectivity index (χ2n) is 4.54. The van der Waals surface area contributed by atoms with E-state index in [4.69, 9.17) is 0 Å². The summed E-state index contributed by atoms with van der Waals surface area (Å²) in [5.74, 6) is 0.794. The van der Waals surface area contributed by atoms with Crippen molar-refractivity contribution in [2.24, 2.45) is 4.99 Å². The van der Waals surface area contributed by atoms with Gasteiger partial charge in [0.1, 0.15) is 0 Å². The van der Waals surface area contributed by atoms with Gasteiger partial charge in [-0.25, -0.2) is 0 Å². The quantitative estimate of drug-likeness (QED) is 0.641. The number of guanidine groups is 1. The molecule has 2 N–H and O–H groups in total. The molecule has 0 spiro atoms. The van der Waals surface area contributed by atoms with Gasteiger partial charge in [-0.15, -0.1) is 0 Å². The molecule has 5 heteroatoms. The Morgan fingerprint density at radius 3 is 2.75 bits per heavy atom. The van der Waals surface area contributed by atoms with Gasteiger partial charge in [-0.3, -0.25) is 9.98 Å². The fourth-order valence-electron chi connectivity index (χ4n) is 1.91. The summed E-state index contributed by atoms with van der Waals surface area (Å²) in [7, 11) is 1.77. The highest BCUT2D eigenvalue weighted by atomic mass is 15.2. The Hall–Kier alpha value is -2.30. The number of nitrogens with one attached hydrogen (secondary N) is 2. The van der Waals surface area contributed by atoms with Crippen LogP contribution < -0.4 is 10.6 Å². The van der Waals surface area contributed by atoms with Gasteiger partial charge in [0.05, 0.1) is 12.2 Å². The SMILES string of the molecule is CN=C(NCCn1cccc1)NCc1ncccc1C. The van der Waals surface area contributed by atoms with E-state index in [2.05, 4.69) is 50.6 Å². The summed E-state index contributed by atoms with van der Waals surface area (Å²) in [6, 6.07) is 8.06. The summed E-state index contributed by atoms with van der Waals surface area (Å²) in [5, 5.41) is 6.56. The van der Waals surface area contributed by atoms with E-state index in [0.717, 1.165) is 24.7 Å². The number of hydrogen-bond acceptors (Lipinski definition) is 2. The first kappa shape index (κ1) is 14.1. The fraction of sp³-hybridized carbons (Fsp3) is 0.333. The van der Waals surface area contributed by atoms with Crippen LogP contribution in [0.3, 0.4) is 0 Å². The van der Waals surface area contributed by atoms with Crippen LogP contribution in [-0.4, -0.2) is 29.1 Å². The Kier molecular flexibility index (Phi) is 5.17. The van der Waals surface area contributed by atoms with E-state index in [1.807, 2.05) is 24.4 Å². The highest BCUT2D eigenvalue weighted by Crippen LogP contribution is 2.01. The molecule has 0 amide bonds. The smallest absolute Gasteiger partial charge is 0.191 e. The summed E-state index contributed by atoms with van der Waals surface area (Å²) in [5.41, 5.74) is 2.23. The normalized spacial score (nSPS) is 11.4. The number of aliphatic imine (C=N–C) groups is 1. The van der Waals surface area contributed by atoms with Crippen molar-refractivity contribution in [3.8, 4) is 0 Å². The van der Waals surface area contributed by atoms with Crippen molar-refractivity contribution in [3.63, 3.8) is 0 Å². The standard InChI is InChI=1S/C15H21N5/c1-13-6-5-7-17-14(13)12-19-15(16-2)18-8-11-20-9-3-4-10-20/h3-7,9-10H,8,11-12H2,1-2H3,(H2,16,18,19). The minimum Gasteiger partial charge on any atom is -0.355 e. The lowest BCUT2D eigenvalue weighted by atomic mass is 10.2. The van der Waals surface area contributed by atoms with Gasteiger partial charge < -0.3 is 15.2 Å². The Balaban J connectivity index is 1.77. The van der Waals surface area contributed by atoms with Gasteiger partial charge in [-0.05, 0) is 30.7 Å². The summed E-state index contributed by atoms with van der Waals surface area (Å²) in [4.78, 5) is 8.57. The first-order valence-electron chi connectivity index (χ1n) is 6.75. The molecule has 0 radical (unpaired) electrons. The van der Waals surface area contributed by atoms with Gasteiger partial charge in [-0.1, -0.05) is 6.07 Å². The molecule has 0 bridgehead atoms. The molecule has 20 heavy (non-hydrogen) atoms. The van der Waals surface area contributed by atoms with E-state index in [1.54, 1.807) is 7.05 Å². The Morgan fingerprint density at radius 2 is 2.05 bits per heavy atom. The van der Waals surface area contributed by atoms with E-state index >= 15 is 0 Å². The highest BCUT2D eigenvalue weighted by molar-refractivity contribution is 5.79. The van der Waals surface area contributed by atoms with Crippen LogP contribution in [0.25, 0.3) is 0 Å². The van der Waals surface area contributed by atoms with Gasteiger partial charge >= 0.3 is 0 Å². The van der Waals surface area contributed by atoms with E-state index in [0.29, 0.717) is 6.54 Å². The molecule has 2 aromatic heterocycles. The molecular formula is C15H21N5. The van der Waals surface area contributed by atoms with E-state index in [-0.39, 0.29) is 0 Å². The van der Waals surface area contributed by atoms with Crippen molar-refractivity contribution in [3.05, 3.63) is 54.1 Å². The number of aryl methyl sites for hydroxylation is 1. The van der Waals surface area contributed by atoms with Gasteiger partial charge in [0, 0.05) is 38.7 Å². The molecule has 0 unspecified atom stereocenters. The first-order valence-corrected chi connectivity index (χ1v) is 6.75. The molecular weight excluding hydrogens is 250 g/mol. The van der Waals surface area contributed by atoms with Crippen LogP contribution in [0.2, 0.25) is 0 Å². The first-order chi connectivity index (χ1) is 9.79. The molecule has 5 nitrogen and oxygen atoms in total. The molecule has 0 aliphatic rings. The molecule has 0 saturated carbocycles. The number of nitrogens with zero attached hydrogens (tertiary/aromatic N) is 3. The average molecular weight is 271 g/mol. The predicted octanol–water partition coefficient (Wildman–Crippen LogP) is 1.56. The zero-order chi connectivity index (χ0) is 14.2. The maximum absolute atomic E-state index is 4.36. The maximum Gasteiger partial charge on any atom is 0.191 e. The highest BCUT2D eigenvalue weighted by Gasteiger charge is 2.01. The van der Waals surface area contributed by atoms with Crippen molar-refractivity contribution in [2.45, 2.75) is 20.0 Å². The van der Waals surface area contributed by atoms with Crippen LogP contribution in [-0.2, 0) is 13.1 Å². The predicted molar refractivity (Wildman–Crippen MR) is 81.6 cm³/mol. The summed E-state index contributed by atoms with van der Waals surface area (Å²) < 4.78 is 2.13. The third-order valence-corrected chi connectivity index (χ3v) is 3.09. The molecule has 2 aromatic rings. The topological polar surface area (TPSA) is 54.2 Å². The molecule has 0 atom stereocenters. The Labute approximate surface area is 119 Å². The van der Waals surface area contributed by atoms with Crippen LogP contribution in [0, 0.1) is 6.92 Å². The van der Waals surface area contributed by atoms with Crippen molar-refractivity contribution >= 4 is 5.96 Å². The van der Waals surface area contributed by atoms with Crippen LogP contribution in [0.1, 0.15) is 11.3 Å². The molecule has 2 heterocycles. The van der Waals surface area contributed by atoms with Crippen molar-refractivity contribution < 1.29 is 0 Å². The second-order valence-corrected chi connectivity index (χ2v) is 4.54. The lowest BCUT2D eigenvalue weighted by Crippen LogP contribution is -2.38. The molecule has 0 fully saturated rings. The van der Waals surface area contributed by atoms with Crippen molar-refractivity contribution in [2.75, 3.05) is 13.6 Å². The van der Waals surface area contributed by atoms with E-state index in [9.17, 15) is 0 Å². The number of aromatic nitrogens is 2.